The molecule has 0 N–H and O–H groups in total. The zero-order valence-corrected chi connectivity index (χ0v) is 9.13. The maximum absolute atomic E-state index is 8.67. The van der Waals surface area contributed by atoms with Gasteiger partial charge in [-0.15, -0.1) is 0 Å². The van der Waals surface area contributed by atoms with Crippen LogP contribution in [0.1, 0.15) is 36.6 Å². The minimum Gasteiger partial charge on any atom is -0.332 e. The Kier molecular flexibility index (Phi) is 2.33. The topological polar surface area (TPSA) is 75.6 Å². The highest BCUT2D eigenvalue weighted by Crippen LogP contribution is 2.35. The van der Waals surface area contributed by atoms with Crippen molar-refractivity contribution in [3.8, 4) is 17.7 Å². The third-order valence-corrected chi connectivity index (χ3v) is 3.02. The molecule has 0 unspecified atom stereocenters. The molecule has 0 bridgehead atoms. The zero-order chi connectivity index (χ0) is 11.7. The lowest BCUT2D eigenvalue weighted by molar-refractivity contribution is 0.366. The van der Waals surface area contributed by atoms with Crippen LogP contribution in [0.5, 0.6) is 0 Å². The number of nitrogens with zero attached hydrogens (tertiary/aromatic N) is 4. The van der Waals surface area contributed by atoms with Gasteiger partial charge in [0.1, 0.15) is 11.8 Å². The van der Waals surface area contributed by atoms with E-state index in [1.807, 2.05) is 6.07 Å². The summed E-state index contributed by atoms with van der Waals surface area (Å²) in [6.07, 6.45) is 5.02. The van der Waals surface area contributed by atoms with Crippen molar-refractivity contribution in [2.24, 2.45) is 0 Å². The van der Waals surface area contributed by atoms with Crippen molar-refractivity contribution >= 4 is 0 Å². The zero-order valence-electron chi connectivity index (χ0n) is 9.13. The molecule has 84 valence electrons. The molecule has 3 rings (SSSR count). The Balaban J connectivity index is 1.87. The van der Waals surface area contributed by atoms with Gasteiger partial charge in [0, 0.05) is 12.1 Å². The van der Waals surface area contributed by atoms with Crippen LogP contribution in [0.2, 0.25) is 0 Å². The molecule has 0 aromatic carbocycles. The van der Waals surface area contributed by atoms with E-state index in [0.717, 1.165) is 18.7 Å². The van der Waals surface area contributed by atoms with Gasteiger partial charge in [0.05, 0.1) is 5.56 Å². The lowest BCUT2D eigenvalue weighted by Crippen LogP contribution is -2.10. The molecule has 1 saturated carbocycles. The van der Waals surface area contributed by atoms with E-state index < -0.39 is 0 Å². The second-order valence-electron chi connectivity index (χ2n) is 4.13. The molecule has 0 spiro atoms. The first-order chi connectivity index (χ1) is 8.36. The molecule has 2 aromatic heterocycles. The highest BCUT2D eigenvalue weighted by molar-refractivity contribution is 5.47. The van der Waals surface area contributed by atoms with Crippen molar-refractivity contribution in [3.05, 3.63) is 29.7 Å². The SMILES string of the molecule is N#Cc1ccc(-c2nc(C3CCC3)no2)nc1. The fraction of sp³-hybridized carbons (Fsp3) is 0.333. The normalized spacial score (nSPS) is 15.2. The van der Waals surface area contributed by atoms with Crippen molar-refractivity contribution in [2.45, 2.75) is 25.2 Å². The number of rotatable bonds is 2. The summed E-state index contributed by atoms with van der Waals surface area (Å²) < 4.78 is 5.17. The van der Waals surface area contributed by atoms with E-state index in [1.165, 1.54) is 12.6 Å². The van der Waals surface area contributed by atoms with Crippen molar-refractivity contribution in [1.29, 1.82) is 5.26 Å². The van der Waals surface area contributed by atoms with E-state index in [4.69, 9.17) is 9.78 Å². The summed E-state index contributed by atoms with van der Waals surface area (Å²) in [7, 11) is 0. The van der Waals surface area contributed by atoms with E-state index >= 15 is 0 Å². The maximum atomic E-state index is 8.67. The molecule has 1 aliphatic rings. The second kappa shape index (κ2) is 3.98. The van der Waals surface area contributed by atoms with E-state index in [0.29, 0.717) is 23.1 Å². The van der Waals surface area contributed by atoms with Gasteiger partial charge in [-0.3, -0.25) is 0 Å². The summed E-state index contributed by atoms with van der Waals surface area (Å²) in [5.41, 5.74) is 1.13. The Morgan fingerprint density at radius 3 is 2.82 bits per heavy atom. The Morgan fingerprint density at radius 1 is 1.35 bits per heavy atom. The highest BCUT2D eigenvalue weighted by Gasteiger charge is 2.25. The summed E-state index contributed by atoms with van der Waals surface area (Å²) in [4.78, 5) is 8.45. The van der Waals surface area contributed by atoms with Crippen molar-refractivity contribution in [2.75, 3.05) is 0 Å². The van der Waals surface area contributed by atoms with Crippen LogP contribution in [0.15, 0.2) is 22.9 Å². The smallest absolute Gasteiger partial charge is 0.276 e. The van der Waals surface area contributed by atoms with E-state index in [9.17, 15) is 0 Å². The van der Waals surface area contributed by atoms with Gasteiger partial charge in [-0.25, -0.2) is 4.98 Å². The van der Waals surface area contributed by atoms with Gasteiger partial charge in [-0.05, 0) is 25.0 Å². The fourth-order valence-electron chi connectivity index (χ4n) is 1.76. The lowest BCUT2D eigenvalue weighted by atomic mass is 9.85. The Morgan fingerprint density at radius 2 is 2.24 bits per heavy atom. The van der Waals surface area contributed by atoms with Crippen molar-refractivity contribution in [1.82, 2.24) is 15.1 Å². The summed E-state index contributed by atoms with van der Waals surface area (Å²) in [6.45, 7) is 0. The summed E-state index contributed by atoms with van der Waals surface area (Å²) in [5, 5.41) is 12.6. The third kappa shape index (κ3) is 1.78. The second-order valence-corrected chi connectivity index (χ2v) is 4.13. The molecule has 2 heterocycles. The van der Waals surface area contributed by atoms with Crippen LogP contribution in [-0.4, -0.2) is 15.1 Å². The monoisotopic (exact) mass is 226 g/mol. The molecule has 0 aliphatic heterocycles. The molecule has 2 aromatic rings. The molecular weight excluding hydrogens is 216 g/mol. The minimum absolute atomic E-state index is 0.427. The summed E-state index contributed by atoms with van der Waals surface area (Å²) in [6, 6.07) is 5.43. The Bertz CT molecular complexity index is 563. The van der Waals surface area contributed by atoms with Crippen LogP contribution in [-0.2, 0) is 0 Å². The first kappa shape index (κ1) is 9.97. The summed E-state index contributed by atoms with van der Waals surface area (Å²) >= 11 is 0. The largest absolute Gasteiger partial charge is 0.332 e. The first-order valence-corrected chi connectivity index (χ1v) is 5.57. The number of nitriles is 1. The molecule has 1 aliphatic carbocycles. The van der Waals surface area contributed by atoms with Gasteiger partial charge in [0.2, 0.25) is 0 Å². The van der Waals surface area contributed by atoms with Gasteiger partial charge in [-0.1, -0.05) is 11.6 Å². The fourth-order valence-corrected chi connectivity index (χ4v) is 1.76. The number of hydrogen-bond donors (Lipinski definition) is 0. The van der Waals surface area contributed by atoms with Crippen molar-refractivity contribution < 1.29 is 4.52 Å². The van der Waals surface area contributed by atoms with Gasteiger partial charge < -0.3 is 4.52 Å². The molecule has 1 fully saturated rings. The Hall–Kier alpha value is -2.22. The van der Waals surface area contributed by atoms with E-state index in [-0.39, 0.29) is 0 Å². The van der Waals surface area contributed by atoms with E-state index in [2.05, 4.69) is 15.1 Å². The third-order valence-electron chi connectivity index (χ3n) is 3.02. The van der Waals surface area contributed by atoms with Crippen LogP contribution in [0, 0.1) is 11.3 Å². The van der Waals surface area contributed by atoms with Crippen LogP contribution in [0.3, 0.4) is 0 Å². The van der Waals surface area contributed by atoms with Crippen LogP contribution in [0.25, 0.3) is 11.6 Å². The predicted octanol–water partition coefficient (Wildman–Crippen LogP) is 2.27. The van der Waals surface area contributed by atoms with Crippen LogP contribution < -0.4 is 0 Å². The standard InChI is InChI=1S/C12H10N4O/c13-6-8-4-5-10(14-7-8)12-15-11(16-17-12)9-2-1-3-9/h4-5,7,9H,1-3H2. The molecule has 0 amide bonds. The lowest BCUT2D eigenvalue weighted by Gasteiger charge is -2.20. The molecule has 5 nitrogen and oxygen atoms in total. The predicted molar refractivity (Wildman–Crippen MR) is 58.8 cm³/mol. The summed E-state index contributed by atoms with van der Waals surface area (Å²) in [5.74, 6) is 1.65. The Labute approximate surface area is 98.1 Å². The number of aromatic nitrogens is 3. The van der Waals surface area contributed by atoms with Gasteiger partial charge >= 0.3 is 0 Å². The van der Waals surface area contributed by atoms with Crippen LogP contribution >= 0.6 is 0 Å². The quantitative estimate of drug-likeness (QED) is 0.785. The van der Waals surface area contributed by atoms with Crippen LogP contribution in [0.4, 0.5) is 0 Å². The molecular formula is C12H10N4O. The highest BCUT2D eigenvalue weighted by atomic mass is 16.5. The molecule has 0 radical (unpaired) electrons. The van der Waals surface area contributed by atoms with Crippen molar-refractivity contribution in [3.63, 3.8) is 0 Å². The number of hydrogen-bond acceptors (Lipinski definition) is 5. The molecule has 0 saturated heterocycles. The van der Waals surface area contributed by atoms with Gasteiger partial charge in [0.25, 0.3) is 5.89 Å². The molecule has 0 atom stereocenters. The average molecular weight is 226 g/mol. The maximum Gasteiger partial charge on any atom is 0.276 e. The molecule has 5 heteroatoms. The van der Waals surface area contributed by atoms with Gasteiger partial charge in [-0.2, -0.15) is 10.2 Å². The first-order valence-electron chi connectivity index (χ1n) is 5.57. The minimum atomic E-state index is 0.427. The number of pyridine rings is 1. The molecule has 17 heavy (non-hydrogen) atoms. The average Bonchev–Trinajstić information content (AvgIpc) is 2.76. The van der Waals surface area contributed by atoms with E-state index in [1.54, 1.807) is 12.1 Å². The van der Waals surface area contributed by atoms with Gasteiger partial charge in [0.15, 0.2) is 5.82 Å².